The Morgan fingerprint density at radius 1 is 1.09 bits per heavy atom. The summed E-state index contributed by atoms with van der Waals surface area (Å²) >= 11 is 0. The van der Waals surface area contributed by atoms with Crippen LogP contribution in [0.25, 0.3) is 17.0 Å². The lowest BCUT2D eigenvalue weighted by Gasteiger charge is -2.32. The van der Waals surface area contributed by atoms with Gasteiger partial charge in [0.1, 0.15) is 11.6 Å². The Balaban J connectivity index is 1.68. The molecule has 2 N–H and O–H groups in total. The van der Waals surface area contributed by atoms with Gasteiger partial charge < -0.3 is 15.0 Å². The number of carbonyl (C=O) groups excluding carboxylic acids is 1. The van der Waals surface area contributed by atoms with Crippen molar-refractivity contribution in [2.45, 2.75) is 6.04 Å². The maximum Gasteiger partial charge on any atom is 0.333 e. The molecule has 0 spiro atoms. The van der Waals surface area contributed by atoms with E-state index in [0.717, 1.165) is 5.56 Å². The molecular weight excluding hydrogens is 408 g/mol. The molecule has 4 aromatic rings. The number of imidazole rings is 1. The number of benzene rings is 1. The molecule has 0 unspecified atom stereocenters. The first-order chi connectivity index (χ1) is 15.7. The molecule has 3 aromatic heterocycles. The van der Waals surface area contributed by atoms with E-state index in [1.165, 1.54) is 4.57 Å². The van der Waals surface area contributed by atoms with Gasteiger partial charge in [-0.25, -0.2) is 19.3 Å². The molecule has 1 aliphatic heterocycles. The second-order valence-electron chi connectivity index (χ2n) is 7.51. The Bertz CT molecular complexity index is 1330. The van der Waals surface area contributed by atoms with E-state index in [9.17, 15) is 9.59 Å². The number of anilines is 1. The van der Waals surface area contributed by atoms with Crippen molar-refractivity contribution in [1.29, 1.82) is 0 Å². The predicted molar refractivity (Wildman–Crippen MR) is 120 cm³/mol. The molecular formula is C23H22N6O3. The minimum Gasteiger partial charge on any atom is -0.382 e. The number of nitrogens with one attached hydrogen (secondary N) is 2. The predicted octanol–water partition coefficient (Wildman–Crippen LogP) is 2.05. The van der Waals surface area contributed by atoms with Gasteiger partial charge in [-0.3, -0.25) is 9.78 Å². The first-order valence-electron chi connectivity index (χ1n) is 10.3. The van der Waals surface area contributed by atoms with E-state index in [-0.39, 0.29) is 17.6 Å². The molecule has 1 aliphatic rings. The number of fused-ring (bicyclic) bond motifs is 2. The SMILES string of the molecule is COC[C@H](c1ccccc1)N1CCNC(=O)c2ccc(-n3c(=O)[nH]c4ncccc43)nc21. The first kappa shape index (κ1) is 20.0. The maximum absolute atomic E-state index is 12.8. The summed E-state index contributed by atoms with van der Waals surface area (Å²) < 4.78 is 7.00. The fourth-order valence-corrected chi connectivity index (χ4v) is 4.12. The van der Waals surface area contributed by atoms with Crippen LogP contribution in [-0.2, 0) is 4.74 Å². The van der Waals surface area contributed by atoms with Gasteiger partial charge in [-0.2, -0.15) is 0 Å². The first-order valence-corrected chi connectivity index (χ1v) is 10.3. The van der Waals surface area contributed by atoms with Gasteiger partial charge in [-0.15, -0.1) is 0 Å². The molecule has 0 saturated carbocycles. The summed E-state index contributed by atoms with van der Waals surface area (Å²) in [5, 5.41) is 2.93. The summed E-state index contributed by atoms with van der Waals surface area (Å²) in [6, 6.07) is 16.8. The van der Waals surface area contributed by atoms with Crippen molar-refractivity contribution in [2.24, 2.45) is 0 Å². The fourth-order valence-electron chi connectivity index (χ4n) is 4.12. The number of ether oxygens (including phenoxy) is 1. The number of hydrogen-bond donors (Lipinski definition) is 2. The lowest BCUT2D eigenvalue weighted by molar-refractivity contribution is 0.0957. The van der Waals surface area contributed by atoms with Gasteiger partial charge in [0, 0.05) is 26.4 Å². The topological polar surface area (TPSA) is 105 Å². The van der Waals surface area contributed by atoms with Crippen molar-refractivity contribution < 1.29 is 9.53 Å². The molecule has 4 heterocycles. The molecule has 0 aliphatic carbocycles. The summed E-state index contributed by atoms with van der Waals surface area (Å²) in [4.78, 5) is 39.3. The molecule has 5 rings (SSSR count). The lowest BCUT2D eigenvalue weighted by atomic mass is 10.1. The number of nitrogens with zero attached hydrogens (tertiary/aromatic N) is 4. The van der Waals surface area contributed by atoms with Gasteiger partial charge in [-0.1, -0.05) is 30.3 Å². The molecule has 1 atom stereocenters. The highest BCUT2D eigenvalue weighted by molar-refractivity contribution is 5.99. The van der Waals surface area contributed by atoms with Crippen LogP contribution in [0.3, 0.4) is 0 Å². The number of carbonyl (C=O) groups is 1. The number of aromatic nitrogens is 4. The van der Waals surface area contributed by atoms with Crippen LogP contribution < -0.4 is 15.9 Å². The molecule has 0 saturated heterocycles. The second kappa shape index (κ2) is 8.27. The second-order valence-corrected chi connectivity index (χ2v) is 7.51. The fraction of sp³-hybridized carbons (Fsp3) is 0.217. The van der Waals surface area contributed by atoms with Crippen molar-refractivity contribution in [2.75, 3.05) is 31.7 Å². The van der Waals surface area contributed by atoms with Crippen molar-refractivity contribution in [3.05, 3.63) is 82.4 Å². The summed E-state index contributed by atoms with van der Waals surface area (Å²) in [5.41, 5.74) is 2.26. The Morgan fingerprint density at radius 2 is 1.94 bits per heavy atom. The van der Waals surface area contributed by atoms with Crippen LogP contribution in [0.4, 0.5) is 5.82 Å². The average Bonchev–Trinajstić information content (AvgIpc) is 3.07. The molecule has 9 heteroatoms. The number of aromatic amines is 1. The number of methoxy groups -OCH3 is 1. The van der Waals surface area contributed by atoms with Crippen LogP contribution in [0.15, 0.2) is 65.6 Å². The summed E-state index contributed by atoms with van der Waals surface area (Å²) in [6.07, 6.45) is 1.62. The van der Waals surface area contributed by atoms with E-state index < -0.39 is 0 Å². The minimum absolute atomic E-state index is 0.156. The lowest BCUT2D eigenvalue weighted by Crippen LogP contribution is -2.36. The Labute approximate surface area is 183 Å². The van der Waals surface area contributed by atoms with Crippen LogP contribution in [0.2, 0.25) is 0 Å². The molecule has 0 radical (unpaired) electrons. The van der Waals surface area contributed by atoms with Gasteiger partial charge in [0.15, 0.2) is 5.65 Å². The zero-order valence-corrected chi connectivity index (χ0v) is 17.5. The Kier molecular flexibility index (Phi) is 5.16. The summed E-state index contributed by atoms with van der Waals surface area (Å²) in [5.74, 6) is 0.726. The van der Waals surface area contributed by atoms with Crippen molar-refractivity contribution in [1.82, 2.24) is 24.8 Å². The molecule has 0 bridgehead atoms. The van der Waals surface area contributed by atoms with Crippen LogP contribution in [0.5, 0.6) is 0 Å². The van der Waals surface area contributed by atoms with Gasteiger partial charge in [0.2, 0.25) is 0 Å². The van der Waals surface area contributed by atoms with Crippen molar-refractivity contribution >= 4 is 22.9 Å². The Morgan fingerprint density at radius 3 is 2.75 bits per heavy atom. The smallest absolute Gasteiger partial charge is 0.333 e. The van der Waals surface area contributed by atoms with Crippen molar-refractivity contribution in [3.8, 4) is 5.82 Å². The highest BCUT2D eigenvalue weighted by Gasteiger charge is 2.29. The van der Waals surface area contributed by atoms with Gasteiger partial charge >= 0.3 is 5.69 Å². The number of rotatable bonds is 5. The van der Waals surface area contributed by atoms with Gasteiger partial charge in [-0.05, 0) is 29.8 Å². The molecule has 0 fully saturated rings. The number of amides is 1. The quantitative estimate of drug-likeness (QED) is 0.502. The molecule has 32 heavy (non-hydrogen) atoms. The maximum atomic E-state index is 12.8. The van der Waals surface area contributed by atoms with Crippen LogP contribution >= 0.6 is 0 Å². The molecule has 9 nitrogen and oxygen atoms in total. The van der Waals surface area contributed by atoms with Gasteiger partial charge in [0.05, 0.1) is 23.7 Å². The largest absolute Gasteiger partial charge is 0.382 e. The zero-order chi connectivity index (χ0) is 22.1. The zero-order valence-electron chi connectivity index (χ0n) is 17.5. The summed E-state index contributed by atoms with van der Waals surface area (Å²) in [6.45, 7) is 1.43. The third-order valence-electron chi connectivity index (χ3n) is 5.59. The normalized spacial score (nSPS) is 14.7. The molecule has 1 amide bonds. The number of pyridine rings is 2. The van der Waals surface area contributed by atoms with E-state index in [0.29, 0.717) is 48.1 Å². The van der Waals surface area contributed by atoms with E-state index in [2.05, 4.69) is 20.2 Å². The number of hydrogen-bond acceptors (Lipinski definition) is 6. The Hall–Kier alpha value is -3.98. The minimum atomic E-state index is -0.340. The molecule has 162 valence electrons. The van der Waals surface area contributed by atoms with Crippen LogP contribution in [0.1, 0.15) is 22.0 Å². The van der Waals surface area contributed by atoms with E-state index in [4.69, 9.17) is 9.72 Å². The monoisotopic (exact) mass is 430 g/mol. The van der Waals surface area contributed by atoms with Crippen LogP contribution in [-0.4, -0.2) is 52.2 Å². The van der Waals surface area contributed by atoms with E-state index in [1.54, 1.807) is 37.6 Å². The molecule has 1 aromatic carbocycles. The van der Waals surface area contributed by atoms with E-state index in [1.807, 2.05) is 30.3 Å². The van der Waals surface area contributed by atoms with Crippen LogP contribution in [0, 0.1) is 0 Å². The number of H-pyrrole nitrogens is 1. The standard InChI is InChI=1S/C23H22N6O3/c1-32-14-18(15-6-3-2-4-7-15)28-13-12-25-22(30)16-9-10-19(26-21(16)28)29-17-8-5-11-24-20(17)27-23(29)31/h2-11,18H,12-14H2,1H3,(H,25,30)(H,24,27,31)/t18-/m1/s1. The average molecular weight is 430 g/mol. The third-order valence-corrected chi connectivity index (χ3v) is 5.59. The van der Waals surface area contributed by atoms with Crippen molar-refractivity contribution in [3.63, 3.8) is 0 Å². The third kappa shape index (κ3) is 3.42. The highest BCUT2D eigenvalue weighted by Crippen LogP contribution is 2.31. The van der Waals surface area contributed by atoms with Gasteiger partial charge in [0.25, 0.3) is 5.91 Å². The highest BCUT2D eigenvalue weighted by atomic mass is 16.5. The summed E-state index contributed by atoms with van der Waals surface area (Å²) in [7, 11) is 1.65. The van der Waals surface area contributed by atoms with E-state index >= 15 is 0 Å².